The van der Waals surface area contributed by atoms with Crippen LogP contribution in [0.3, 0.4) is 0 Å². The topological polar surface area (TPSA) is 59.4 Å². The van der Waals surface area contributed by atoms with Gasteiger partial charge in [0, 0.05) is 43.6 Å². The van der Waals surface area contributed by atoms with Gasteiger partial charge in [-0.15, -0.1) is 0 Å². The minimum atomic E-state index is -0.240. The Morgan fingerprint density at radius 2 is 1.00 bits per heavy atom. The van der Waals surface area contributed by atoms with Crippen LogP contribution in [-0.4, -0.2) is 15.0 Å². The number of nitrogens with one attached hydrogen (secondary N) is 2. The normalized spacial score (nSPS) is 15.5. The van der Waals surface area contributed by atoms with Crippen molar-refractivity contribution in [3.8, 4) is 22.5 Å². The second kappa shape index (κ2) is 14.2. The predicted molar refractivity (Wildman–Crippen MR) is 259 cm³/mol. The zero-order valence-electron chi connectivity index (χ0n) is 34.1. The zero-order chi connectivity index (χ0) is 41.4. The van der Waals surface area contributed by atoms with Gasteiger partial charge in [-0.3, -0.25) is 5.32 Å². The molecule has 0 amide bonds. The van der Waals surface area contributed by atoms with Crippen LogP contribution in [0.5, 0.6) is 0 Å². The molecular weight excluding hydrogens is 771 g/mol. The van der Waals surface area contributed by atoms with Gasteiger partial charge in [-0.05, 0) is 82.9 Å². The standard InChI is InChI=1S/C57H39N5O/c1-4-16-36(17-5-1)55-58-56(37-18-6-2-7-19-37)60-57(59-55)44-25-15-29-52-53(44)43-24-14-28-51(54(43)63-52)62-48-27-13-11-23-42(48)46-35-39(31-33-50(46)62)38-30-32-49-45(34-38)41-22-10-12-26-47(41)61(49)40-20-8-3-9-21-40/h1-35,55-56,58H,(H,59,60). The number of rotatable bonds is 6. The van der Waals surface area contributed by atoms with E-state index in [2.05, 4.69) is 226 Å². The maximum atomic E-state index is 6.94. The number of nitrogens with zero attached hydrogens (tertiary/aromatic N) is 3. The van der Waals surface area contributed by atoms with E-state index in [1.807, 2.05) is 6.07 Å². The minimum absolute atomic E-state index is 0.146. The van der Waals surface area contributed by atoms with E-state index < -0.39 is 0 Å². The summed E-state index contributed by atoms with van der Waals surface area (Å²) < 4.78 is 11.7. The lowest BCUT2D eigenvalue weighted by molar-refractivity contribution is 0.409. The summed E-state index contributed by atoms with van der Waals surface area (Å²) in [5.74, 6) is 0.822. The van der Waals surface area contributed by atoms with Crippen LogP contribution >= 0.6 is 0 Å². The molecule has 0 bridgehead atoms. The van der Waals surface area contributed by atoms with Crippen molar-refractivity contribution >= 4 is 71.4 Å². The lowest BCUT2D eigenvalue weighted by Gasteiger charge is -2.32. The van der Waals surface area contributed by atoms with Crippen LogP contribution in [0.1, 0.15) is 29.0 Å². The summed E-state index contributed by atoms with van der Waals surface area (Å²) in [6.07, 6.45) is -0.386. The molecule has 1 aliphatic heterocycles. The summed E-state index contributed by atoms with van der Waals surface area (Å²) >= 11 is 0. The second-order valence-corrected chi connectivity index (χ2v) is 16.4. The first-order valence-electron chi connectivity index (χ1n) is 21.5. The second-order valence-electron chi connectivity index (χ2n) is 16.4. The molecule has 3 aromatic heterocycles. The number of hydrogen-bond donors (Lipinski definition) is 2. The highest BCUT2D eigenvalue weighted by Gasteiger charge is 2.28. The van der Waals surface area contributed by atoms with E-state index in [1.54, 1.807) is 0 Å². The largest absolute Gasteiger partial charge is 0.454 e. The van der Waals surface area contributed by atoms with E-state index in [0.717, 1.165) is 66.9 Å². The fourth-order valence-corrected chi connectivity index (χ4v) is 9.94. The lowest BCUT2D eigenvalue weighted by atomic mass is 10.0. The summed E-state index contributed by atoms with van der Waals surface area (Å²) in [6, 6.07) is 75.6. The van der Waals surface area contributed by atoms with Crippen molar-refractivity contribution in [3.05, 3.63) is 229 Å². The summed E-state index contributed by atoms with van der Waals surface area (Å²) in [6.45, 7) is 0. The molecule has 13 rings (SSSR count). The van der Waals surface area contributed by atoms with Crippen molar-refractivity contribution in [2.24, 2.45) is 4.99 Å². The summed E-state index contributed by atoms with van der Waals surface area (Å²) in [5.41, 5.74) is 14.1. The third kappa shape index (κ3) is 5.66. The van der Waals surface area contributed by atoms with Crippen molar-refractivity contribution in [1.29, 1.82) is 0 Å². The Hall–Kier alpha value is -8.19. The van der Waals surface area contributed by atoms with Crippen molar-refractivity contribution in [2.75, 3.05) is 0 Å². The molecule has 1 aliphatic rings. The molecule has 6 nitrogen and oxygen atoms in total. The molecule has 0 saturated heterocycles. The summed E-state index contributed by atoms with van der Waals surface area (Å²) in [7, 11) is 0. The van der Waals surface area contributed by atoms with Crippen LogP contribution in [0.2, 0.25) is 0 Å². The molecule has 0 fully saturated rings. The van der Waals surface area contributed by atoms with Crippen molar-refractivity contribution in [3.63, 3.8) is 0 Å². The SMILES string of the molecule is c1ccc(C2N=C(c3cccc4oc5c(-n6c7ccccc7c7cc(-c8ccc9c(c8)c8ccccc8n9-c8ccccc8)ccc76)cccc5c34)NC(c3ccccc3)N2)cc1. The van der Waals surface area contributed by atoms with Gasteiger partial charge in [0.1, 0.15) is 23.8 Å². The van der Waals surface area contributed by atoms with Gasteiger partial charge in [0.2, 0.25) is 0 Å². The van der Waals surface area contributed by atoms with Crippen molar-refractivity contribution < 1.29 is 4.42 Å². The minimum Gasteiger partial charge on any atom is -0.454 e. The Balaban J connectivity index is 0.958. The van der Waals surface area contributed by atoms with Gasteiger partial charge in [-0.25, -0.2) is 4.99 Å². The molecule has 298 valence electrons. The summed E-state index contributed by atoms with van der Waals surface area (Å²) in [5, 5.41) is 14.4. The van der Waals surface area contributed by atoms with E-state index in [4.69, 9.17) is 9.41 Å². The highest BCUT2D eigenvalue weighted by molar-refractivity contribution is 6.20. The number of hydrogen-bond acceptors (Lipinski definition) is 4. The van der Waals surface area contributed by atoms with Gasteiger partial charge in [0.05, 0.1) is 27.8 Å². The molecule has 0 aliphatic carbocycles. The Bertz CT molecular complexity index is 3750. The number of benzene rings is 9. The van der Waals surface area contributed by atoms with E-state index in [1.165, 1.54) is 43.7 Å². The molecule has 12 aromatic rings. The Morgan fingerprint density at radius 1 is 0.444 bits per heavy atom. The van der Waals surface area contributed by atoms with Gasteiger partial charge in [-0.2, -0.15) is 0 Å². The number of amidine groups is 1. The van der Waals surface area contributed by atoms with Gasteiger partial charge >= 0.3 is 0 Å². The zero-order valence-corrected chi connectivity index (χ0v) is 34.1. The fraction of sp³-hybridized carbons (Fsp3) is 0.0351. The van der Waals surface area contributed by atoms with E-state index in [-0.39, 0.29) is 12.3 Å². The third-order valence-electron chi connectivity index (χ3n) is 12.8. The van der Waals surface area contributed by atoms with Gasteiger partial charge in [0.25, 0.3) is 0 Å². The monoisotopic (exact) mass is 809 g/mol. The van der Waals surface area contributed by atoms with Crippen molar-refractivity contribution in [1.82, 2.24) is 19.8 Å². The molecule has 2 atom stereocenters. The number of fused-ring (bicyclic) bond motifs is 9. The Labute approximate surface area is 363 Å². The van der Waals surface area contributed by atoms with E-state index in [0.29, 0.717) is 0 Å². The lowest BCUT2D eigenvalue weighted by Crippen LogP contribution is -2.45. The molecule has 0 spiro atoms. The van der Waals surface area contributed by atoms with Crippen LogP contribution in [0.4, 0.5) is 0 Å². The van der Waals surface area contributed by atoms with Gasteiger partial charge in [0.15, 0.2) is 5.58 Å². The highest BCUT2D eigenvalue weighted by Crippen LogP contribution is 2.42. The molecule has 2 N–H and O–H groups in total. The quantitative estimate of drug-likeness (QED) is 0.176. The van der Waals surface area contributed by atoms with Gasteiger partial charge < -0.3 is 18.9 Å². The van der Waals surface area contributed by atoms with E-state index in [9.17, 15) is 0 Å². The van der Waals surface area contributed by atoms with Crippen LogP contribution in [0, 0.1) is 0 Å². The van der Waals surface area contributed by atoms with Crippen LogP contribution < -0.4 is 10.6 Å². The fourth-order valence-electron chi connectivity index (χ4n) is 9.94. The first kappa shape index (κ1) is 35.6. The molecule has 9 aromatic carbocycles. The maximum Gasteiger partial charge on any atom is 0.159 e. The van der Waals surface area contributed by atoms with Crippen LogP contribution in [-0.2, 0) is 0 Å². The molecule has 2 unspecified atom stereocenters. The number of furan rings is 1. The predicted octanol–water partition coefficient (Wildman–Crippen LogP) is 13.8. The average Bonchev–Trinajstić information content (AvgIpc) is 4.02. The van der Waals surface area contributed by atoms with E-state index >= 15 is 0 Å². The molecule has 6 heteroatoms. The number of aromatic nitrogens is 2. The molecular formula is C57H39N5O. The smallest absolute Gasteiger partial charge is 0.159 e. The summed E-state index contributed by atoms with van der Waals surface area (Å²) in [4.78, 5) is 5.31. The Kier molecular flexibility index (Phi) is 8.01. The molecule has 0 saturated carbocycles. The molecule has 0 radical (unpaired) electrons. The first-order chi connectivity index (χ1) is 31.2. The van der Waals surface area contributed by atoms with Crippen LogP contribution in [0.25, 0.3) is 88.1 Å². The highest BCUT2D eigenvalue weighted by atomic mass is 16.3. The Morgan fingerprint density at radius 3 is 1.70 bits per heavy atom. The molecule has 63 heavy (non-hydrogen) atoms. The maximum absolute atomic E-state index is 6.94. The van der Waals surface area contributed by atoms with Crippen LogP contribution in [0.15, 0.2) is 222 Å². The third-order valence-corrected chi connectivity index (χ3v) is 12.8. The van der Waals surface area contributed by atoms with Crippen molar-refractivity contribution in [2.45, 2.75) is 12.3 Å². The van der Waals surface area contributed by atoms with Gasteiger partial charge in [-0.1, -0.05) is 152 Å². The first-order valence-corrected chi connectivity index (χ1v) is 21.5. The number of aliphatic imine (C=N–C) groups is 1. The average molecular weight is 810 g/mol. The molecule has 4 heterocycles. The number of para-hydroxylation sites is 4.